The number of carbonyl (C=O) groups is 2. The molecule has 0 saturated carbocycles. The quantitative estimate of drug-likeness (QED) is 0.471. The summed E-state index contributed by atoms with van der Waals surface area (Å²) in [6.07, 6.45) is 7.43. The molecule has 3 aliphatic heterocycles. The monoisotopic (exact) mass is 363 g/mol. The second-order valence-corrected chi connectivity index (χ2v) is 8.64. The third kappa shape index (κ3) is 3.18. The maximum atomic E-state index is 12.7. The number of esters is 1. The molecule has 1 N–H and O–H groups in total. The number of epoxide rings is 1. The van der Waals surface area contributed by atoms with Crippen molar-refractivity contribution in [3.05, 3.63) is 11.6 Å². The van der Waals surface area contributed by atoms with Crippen LogP contribution in [0.5, 0.6) is 0 Å². The Morgan fingerprint density at radius 2 is 2.23 bits per heavy atom. The molecule has 3 heterocycles. The average Bonchev–Trinajstić information content (AvgIpc) is 2.92. The van der Waals surface area contributed by atoms with Crippen molar-refractivity contribution in [1.82, 2.24) is 4.90 Å². The molecule has 0 aromatic carbocycles. The van der Waals surface area contributed by atoms with Crippen LogP contribution < -0.4 is 0 Å². The Labute approximate surface area is 154 Å². The third-order valence-electron chi connectivity index (χ3n) is 6.82. The van der Waals surface area contributed by atoms with Gasteiger partial charge in [-0.2, -0.15) is 0 Å². The molecule has 0 aromatic rings. The molecule has 3 saturated heterocycles. The van der Waals surface area contributed by atoms with Crippen molar-refractivity contribution in [3.8, 4) is 0 Å². The number of aliphatic carboxylic acids is 1. The Morgan fingerprint density at radius 1 is 1.42 bits per heavy atom. The second-order valence-electron chi connectivity index (χ2n) is 8.64. The van der Waals surface area contributed by atoms with Gasteiger partial charge in [-0.1, -0.05) is 11.6 Å². The van der Waals surface area contributed by atoms with Crippen LogP contribution in [0, 0.1) is 11.8 Å². The second kappa shape index (κ2) is 6.64. The highest BCUT2D eigenvalue weighted by atomic mass is 16.6. The molecule has 4 aliphatic rings. The van der Waals surface area contributed by atoms with Crippen molar-refractivity contribution in [1.29, 1.82) is 0 Å². The summed E-state index contributed by atoms with van der Waals surface area (Å²) in [5.74, 6) is -1.10. The van der Waals surface area contributed by atoms with Gasteiger partial charge in [0, 0.05) is 12.5 Å². The fourth-order valence-corrected chi connectivity index (χ4v) is 5.12. The molecule has 0 spiro atoms. The van der Waals surface area contributed by atoms with Crippen LogP contribution in [0.15, 0.2) is 11.6 Å². The molecule has 0 amide bonds. The number of likely N-dealkylation sites (tertiary alicyclic amines) is 1. The lowest BCUT2D eigenvalue weighted by molar-refractivity contribution is -0.147. The first kappa shape index (κ1) is 18.0. The van der Waals surface area contributed by atoms with Crippen LogP contribution in [0.2, 0.25) is 0 Å². The van der Waals surface area contributed by atoms with Gasteiger partial charge in [0.05, 0.1) is 11.5 Å². The molecule has 6 heteroatoms. The highest BCUT2D eigenvalue weighted by Gasteiger charge is 2.62. The molecule has 6 atom stereocenters. The minimum absolute atomic E-state index is 0.0119. The summed E-state index contributed by atoms with van der Waals surface area (Å²) in [7, 11) is 0. The fourth-order valence-electron chi connectivity index (χ4n) is 5.12. The Kier molecular flexibility index (Phi) is 4.59. The molecule has 26 heavy (non-hydrogen) atoms. The van der Waals surface area contributed by atoms with E-state index >= 15 is 0 Å². The summed E-state index contributed by atoms with van der Waals surface area (Å²) in [4.78, 5) is 26.1. The van der Waals surface area contributed by atoms with E-state index in [9.17, 15) is 14.7 Å². The molecule has 6 nitrogen and oxygen atoms in total. The summed E-state index contributed by atoms with van der Waals surface area (Å²) in [5, 5.41) is 9.44. The molecule has 144 valence electrons. The number of rotatable bonds is 3. The number of hydrogen-bond acceptors (Lipinski definition) is 5. The molecule has 0 bridgehead atoms. The normalized spacial score (nSPS) is 45.2. The molecule has 3 fully saturated rings. The Hall–Kier alpha value is -1.40. The SMILES string of the molecule is C/C1=C\CC[C@@]2(C)O[C@@H]2[C@H]2OC(=O)[C@@H](CN3CCCC3C(=O)O)[C@@H]2CC1. The summed E-state index contributed by atoms with van der Waals surface area (Å²) >= 11 is 0. The Morgan fingerprint density at radius 3 is 3.00 bits per heavy atom. The minimum Gasteiger partial charge on any atom is -0.480 e. The number of carboxylic acid groups (broad SMARTS) is 1. The number of carboxylic acids is 1. The smallest absolute Gasteiger partial charge is 0.320 e. The van der Waals surface area contributed by atoms with E-state index in [4.69, 9.17) is 9.47 Å². The zero-order valence-corrected chi connectivity index (χ0v) is 15.6. The maximum absolute atomic E-state index is 12.7. The van der Waals surface area contributed by atoms with Crippen LogP contribution >= 0.6 is 0 Å². The van der Waals surface area contributed by atoms with E-state index < -0.39 is 12.0 Å². The van der Waals surface area contributed by atoms with Crippen LogP contribution in [-0.2, 0) is 19.1 Å². The van der Waals surface area contributed by atoms with Crippen molar-refractivity contribution in [2.75, 3.05) is 13.1 Å². The van der Waals surface area contributed by atoms with E-state index in [-0.39, 0.29) is 35.6 Å². The van der Waals surface area contributed by atoms with Gasteiger partial charge in [0.1, 0.15) is 18.2 Å². The molecule has 0 radical (unpaired) electrons. The summed E-state index contributed by atoms with van der Waals surface area (Å²) in [6, 6.07) is -0.467. The summed E-state index contributed by atoms with van der Waals surface area (Å²) in [6.45, 7) is 5.50. The van der Waals surface area contributed by atoms with Gasteiger partial charge in [0.15, 0.2) is 0 Å². The van der Waals surface area contributed by atoms with Crippen LogP contribution in [0.4, 0.5) is 0 Å². The van der Waals surface area contributed by atoms with Crippen molar-refractivity contribution < 1.29 is 24.2 Å². The molecule has 1 unspecified atom stereocenters. The fraction of sp³-hybridized carbons (Fsp3) is 0.800. The summed E-state index contributed by atoms with van der Waals surface area (Å²) in [5.41, 5.74) is 1.16. The van der Waals surface area contributed by atoms with Gasteiger partial charge in [0.25, 0.3) is 0 Å². The van der Waals surface area contributed by atoms with Gasteiger partial charge < -0.3 is 14.6 Å². The highest BCUT2D eigenvalue weighted by Crippen LogP contribution is 2.50. The standard InChI is InChI=1S/C20H29NO5/c1-12-5-3-9-20(2)17(26-20)16-13(8-7-12)14(19(24)25-16)11-21-10-4-6-15(21)18(22)23/h5,13-17H,3-4,6-11H2,1-2H3,(H,22,23)/b12-5+/t13-,14-,15?,16-,17+,20+/m0/s1. The molecule has 4 rings (SSSR count). The Balaban J connectivity index is 1.54. The average molecular weight is 363 g/mol. The third-order valence-corrected chi connectivity index (χ3v) is 6.82. The topological polar surface area (TPSA) is 79.4 Å². The lowest BCUT2D eigenvalue weighted by atomic mass is 9.80. The van der Waals surface area contributed by atoms with Crippen molar-refractivity contribution in [3.63, 3.8) is 0 Å². The Bertz CT molecular complexity index is 632. The lowest BCUT2D eigenvalue weighted by Crippen LogP contribution is -2.42. The van der Waals surface area contributed by atoms with Crippen LogP contribution in [0.25, 0.3) is 0 Å². The molecular formula is C20H29NO5. The summed E-state index contributed by atoms with van der Waals surface area (Å²) < 4.78 is 11.8. The van der Waals surface area contributed by atoms with Crippen LogP contribution in [0.1, 0.15) is 52.4 Å². The largest absolute Gasteiger partial charge is 0.480 e. The number of allylic oxidation sites excluding steroid dienone is 2. The lowest BCUT2D eigenvalue weighted by Gasteiger charge is -2.27. The van der Waals surface area contributed by atoms with Gasteiger partial charge in [-0.25, -0.2) is 0 Å². The number of carbonyl (C=O) groups excluding carboxylic acids is 1. The number of hydrogen-bond donors (Lipinski definition) is 1. The van der Waals surface area contributed by atoms with Gasteiger partial charge in [0.2, 0.25) is 0 Å². The van der Waals surface area contributed by atoms with E-state index in [1.165, 1.54) is 5.57 Å². The van der Waals surface area contributed by atoms with Crippen molar-refractivity contribution in [2.45, 2.75) is 76.2 Å². The van der Waals surface area contributed by atoms with Crippen LogP contribution in [0.3, 0.4) is 0 Å². The first-order chi connectivity index (χ1) is 12.4. The van der Waals surface area contributed by atoms with Crippen molar-refractivity contribution >= 4 is 11.9 Å². The van der Waals surface area contributed by atoms with Gasteiger partial charge in [-0.3, -0.25) is 14.5 Å². The zero-order valence-electron chi connectivity index (χ0n) is 15.6. The van der Waals surface area contributed by atoms with E-state index in [0.717, 1.165) is 38.6 Å². The maximum Gasteiger partial charge on any atom is 0.320 e. The van der Waals surface area contributed by atoms with E-state index in [1.807, 2.05) is 4.90 Å². The first-order valence-electron chi connectivity index (χ1n) is 9.90. The first-order valence-corrected chi connectivity index (χ1v) is 9.90. The van der Waals surface area contributed by atoms with Crippen LogP contribution in [-0.4, -0.2) is 58.9 Å². The van der Waals surface area contributed by atoms with E-state index in [0.29, 0.717) is 13.0 Å². The van der Waals surface area contributed by atoms with Gasteiger partial charge >= 0.3 is 11.9 Å². The number of fused-ring (bicyclic) bond motifs is 3. The molecule has 1 aliphatic carbocycles. The molecular weight excluding hydrogens is 334 g/mol. The van der Waals surface area contributed by atoms with E-state index in [1.54, 1.807) is 0 Å². The predicted octanol–water partition coefficient (Wildman–Crippen LogP) is 2.37. The number of ether oxygens (including phenoxy) is 2. The number of nitrogens with zero attached hydrogens (tertiary/aromatic N) is 1. The minimum atomic E-state index is -0.784. The molecule has 0 aromatic heterocycles. The zero-order chi connectivity index (χ0) is 18.5. The predicted molar refractivity (Wildman–Crippen MR) is 94.6 cm³/mol. The highest BCUT2D eigenvalue weighted by molar-refractivity contribution is 5.77. The van der Waals surface area contributed by atoms with Gasteiger partial charge in [-0.15, -0.1) is 0 Å². The van der Waals surface area contributed by atoms with Gasteiger partial charge in [-0.05, 0) is 58.9 Å². The van der Waals surface area contributed by atoms with Crippen molar-refractivity contribution in [2.24, 2.45) is 11.8 Å². The van der Waals surface area contributed by atoms with E-state index in [2.05, 4.69) is 19.9 Å².